The summed E-state index contributed by atoms with van der Waals surface area (Å²) in [7, 11) is 0. The molecule has 0 unspecified atom stereocenters. The van der Waals surface area contributed by atoms with E-state index in [1.165, 1.54) is 6.42 Å². The first-order chi connectivity index (χ1) is 16.0. The number of nitrogens with zero attached hydrogens (tertiary/aromatic N) is 1. The van der Waals surface area contributed by atoms with Crippen LogP contribution in [0.1, 0.15) is 57.4 Å². The van der Waals surface area contributed by atoms with E-state index in [9.17, 15) is 9.59 Å². The van der Waals surface area contributed by atoms with Crippen molar-refractivity contribution in [1.82, 2.24) is 10.2 Å². The van der Waals surface area contributed by atoms with Crippen LogP contribution in [0.25, 0.3) is 0 Å². The Kier molecular flexibility index (Phi) is 10.4. The first kappa shape index (κ1) is 25.9. The molecule has 3 rings (SSSR count). The van der Waals surface area contributed by atoms with Gasteiger partial charge in [-0.15, -0.1) is 11.8 Å². The summed E-state index contributed by atoms with van der Waals surface area (Å²) in [5.41, 5.74) is 0.859. The number of carbonyl (C=O) groups excluding carboxylic acids is 2. The van der Waals surface area contributed by atoms with E-state index >= 15 is 0 Å². The predicted molar refractivity (Wildman–Crippen MR) is 138 cm³/mol. The number of thioether (sulfide) groups is 1. The number of nitrogens with one attached hydrogen (secondary N) is 1. The molecule has 0 aromatic heterocycles. The molecule has 0 aliphatic heterocycles. The lowest BCUT2D eigenvalue weighted by Gasteiger charge is -2.33. The number of halogens is 2. The molecule has 2 aromatic carbocycles. The number of benzene rings is 2. The van der Waals surface area contributed by atoms with Gasteiger partial charge in [-0.05, 0) is 49.1 Å². The summed E-state index contributed by atoms with van der Waals surface area (Å²) in [6, 6.07) is 15.1. The molecule has 0 bridgehead atoms. The van der Waals surface area contributed by atoms with Crippen molar-refractivity contribution in [1.29, 1.82) is 0 Å². The third-order valence-electron chi connectivity index (χ3n) is 6.00. The fraction of sp³-hybridized carbons (Fsp3) is 0.462. The second-order valence-electron chi connectivity index (χ2n) is 8.45. The number of rotatable bonds is 10. The molecule has 0 spiro atoms. The van der Waals surface area contributed by atoms with E-state index in [-0.39, 0.29) is 17.9 Å². The van der Waals surface area contributed by atoms with Crippen LogP contribution in [0.4, 0.5) is 0 Å². The minimum atomic E-state index is -0.518. The Hall–Kier alpha value is -1.69. The average molecular weight is 508 g/mol. The maximum Gasteiger partial charge on any atom is 0.243 e. The summed E-state index contributed by atoms with van der Waals surface area (Å²) in [6.45, 7) is 2.28. The van der Waals surface area contributed by atoms with Gasteiger partial charge in [-0.3, -0.25) is 9.59 Å². The fourth-order valence-corrected chi connectivity index (χ4v) is 5.40. The Morgan fingerprint density at radius 3 is 2.45 bits per heavy atom. The van der Waals surface area contributed by atoms with Gasteiger partial charge in [0.1, 0.15) is 6.04 Å². The molecule has 1 aliphatic rings. The van der Waals surface area contributed by atoms with E-state index in [2.05, 4.69) is 5.32 Å². The lowest BCUT2D eigenvalue weighted by Crippen LogP contribution is -2.51. The van der Waals surface area contributed by atoms with Crippen LogP contribution in [-0.4, -0.2) is 34.6 Å². The van der Waals surface area contributed by atoms with Crippen LogP contribution >= 0.6 is 35.0 Å². The van der Waals surface area contributed by atoms with Crippen LogP contribution in [0.3, 0.4) is 0 Å². The number of carbonyl (C=O) groups is 2. The van der Waals surface area contributed by atoms with E-state index in [1.807, 2.05) is 43.3 Å². The first-order valence-electron chi connectivity index (χ1n) is 11.7. The molecule has 2 aromatic rings. The van der Waals surface area contributed by atoms with Crippen molar-refractivity contribution in [3.05, 3.63) is 64.1 Å². The molecule has 1 saturated carbocycles. The normalized spacial score (nSPS) is 15.1. The van der Waals surface area contributed by atoms with Crippen LogP contribution < -0.4 is 5.32 Å². The summed E-state index contributed by atoms with van der Waals surface area (Å²) in [4.78, 5) is 29.4. The molecule has 0 saturated heterocycles. The van der Waals surface area contributed by atoms with Gasteiger partial charge in [0.15, 0.2) is 0 Å². The van der Waals surface area contributed by atoms with Crippen molar-refractivity contribution >= 4 is 46.8 Å². The number of hydrogen-bond acceptors (Lipinski definition) is 3. The van der Waals surface area contributed by atoms with E-state index < -0.39 is 6.04 Å². The smallest absolute Gasteiger partial charge is 0.243 e. The predicted octanol–water partition coefficient (Wildman–Crippen LogP) is 6.73. The minimum absolute atomic E-state index is 0.0323. The SMILES string of the molecule is CC[C@@H](C(=O)NC1CCCCC1)N(Cc1ccc(Cl)c(Cl)c1)C(=O)CCSc1ccccc1. The van der Waals surface area contributed by atoms with E-state index in [0.29, 0.717) is 35.2 Å². The van der Waals surface area contributed by atoms with Crippen LogP contribution in [-0.2, 0) is 16.1 Å². The lowest BCUT2D eigenvalue weighted by atomic mass is 9.95. The molecule has 4 nitrogen and oxygen atoms in total. The second-order valence-corrected chi connectivity index (χ2v) is 10.4. The molecular weight excluding hydrogens is 475 g/mol. The summed E-state index contributed by atoms with van der Waals surface area (Å²) in [5, 5.41) is 4.13. The van der Waals surface area contributed by atoms with E-state index in [0.717, 1.165) is 36.1 Å². The van der Waals surface area contributed by atoms with Crippen molar-refractivity contribution in [2.45, 2.75) is 75.4 Å². The van der Waals surface area contributed by atoms with E-state index in [1.54, 1.807) is 28.8 Å². The summed E-state index contributed by atoms with van der Waals surface area (Å²) < 4.78 is 0. The molecule has 0 heterocycles. The Morgan fingerprint density at radius 1 is 1.06 bits per heavy atom. The maximum absolute atomic E-state index is 13.4. The molecule has 0 radical (unpaired) electrons. The van der Waals surface area contributed by atoms with Crippen molar-refractivity contribution in [2.75, 3.05) is 5.75 Å². The van der Waals surface area contributed by atoms with Gasteiger partial charge in [-0.2, -0.15) is 0 Å². The molecule has 1 aliphatic carbocycles. The highest BCUT2D eigenvalue weighted by Gasteiger charge is 2.30. The molecule has 1 N–H and O–H groups in total. The number of hydrogen-bond donors (Lipinski definition) is 1. The monoisotopic (exact) mass is 506 g/mol. The Balaban J connectivity index is 1.72. The van der Waals surface area contributed by atoms with Gasteiger partial charge in [0.25, 0.3) is 0 Å². The van der Waals surface area contributed by atoms with Crippen LogP contribution in [0.15, 0.2) is 53.4 Å². The minimum Gasteiger partial charge on any atom is -0.352 e. The van der Waals surface area contributed by atoms with Crippen molar-refractivity contribution in [3.63, 3.8) is 0 Å². The van der Waals surface area contributed by atoms with Gasteiger partial charge in [0, 0.05) is 29.7 Å². The van der Waals surface area contributed by atoms with Gasteiger partial charge in [-0.1, -0.05) is 73.7 Å². The third kappa shape index (κ3) is 7.94. The Morgan fingerprint density at radius 2 is 1.79 bits per heavy atom. The summed E-state index contributed by atoms with van der Waals surface area (Å²) >= 11 is 13.9. The molecule has 1 fully saturated rings. The van der Waals surface area contributed by atoms with Crippen LogP contribution in [0.2, 0.25) is 10.0 Å². The zero-order chi connectivity index (χ0) is 23.6. The van der Waals surface area contributed by atoms with Crippen LogP contribution in [0, 0.1) is 0 Å². The van der Waals surface area contributed by atoms with Crippen LogP contribution in [0.5, 0.6) is 0 Å². The Bertz CT molecular complexity index is 920. The third-order valence-corrected chi connectivity index (χ3v) is 7.76. The highest BCUT2D eigenvalue weighted by atomic mass is 35.5. The fourth-order valence-electron chi connectivity index (χ4n) is 4.22. The largest absolute Gasteiger partial charge is 0.352 e. The standard InChI is InChI=1S/C26H32Cl2N2O2S/c1-2-24(26(32)29-20-9-5-3-6-10-20)30(18-19-13-14-22(27)23(28)17-19)25(31)15-16-33-21-11-7-4-8-12-21/h4,7-8,11-14,17,20,24H,2-3,5-6,9-10,15-16,18H2,1H3,(H,29,32)/t24-/m0/s1. The zero-order valence-electron chi connectivity index (χ0n) is 19.1. The first-order valence-corrected chi connectivity index (χ1v) is 13.4. The van der Waals surface area contributed by atoms with Gasteiger partial charge in [-0.25, -0.2) is 0 Å². The van der Waals surface area contributed by atoms with Gasteiger partial charge >= 0.3 is 0 Å². The maximum atomic E-state index is 13.4. The van der Waals surface area contributed by atoms with Gasteiger partial charge in [0.05, 0.1) is 10.0 Å². The van der Waals surface area contributed by atoms with E-state index in [4.69, 9.17) is 23.2 Å². The zero-order valence-corrected chi connectivity index (χ0v) is 21.4. The summed E-state index contributed by atoms with van der Waals surface area (Å²) in [6.07, 6.45) is 6.44. The molecule has 33 heavy (non-hydrogen) atoms. The van der Waals surface area contributed by atoms with Crippen molar-refractivity contribution < 1.29 is 9.59 Å². The van der Waals surface area contributed by atoms with Gasteiger partial charge < -0.3 is 10.2 Å². The topological polar surface area (TPSA) is 49.4 Å². The second kappa shape index (κ2) is 13.3. The average Bonchev–Trinajstić information content (AvgIpc) is 2.82. The Labute approximate surface area is 211 Å². The molecule has 2 amide bonds. The number of amides is 2. The highest BCUT2D eigenvalue weighted by Crippen LogP contribution is 2.25. The summed E-state index contributed by atoms with van der Waals surface area (Å²) in [5.74, 6) is 0.560. The molecular formula is C26H32Cl2N2O2S. The quantitative estimate of drug-likeness (QED) is 0.363. The lowest BCUT2D eigenvalue weighted by molar-refractivity contribution is -0.141. The van der Waals surface area contributed by atoms with Gasteiger partial charge in [0.2, 0.25) is 11.8 Å². The molecule has 7 heteroatoms. The van der Waals surface area contributed by atoms with Crippen molar-refractivity contribution in [3.8, 4) is 0 Å². The molecule has 178 valence electrons. The van der Waals surface area contributed by atoms with Crippen molar-refractivity contribution in [2.24, 2.45) is 0 Å². The highest BCUT2D eigenvalue weighted by molar-refractivity contribution is 7.99. The molecule has 1 atom stereocenters.